The molecule has 1 N–H and O–H groups in total. The van der Waals surface area contributed by atoms with Crippen LogP contribution in [-0.4, -0.2) is 42.4 Å². The maximum Gasteiger partial charge on any atom is 0.412 e. The zero-order chi connectivity index (χ0) is 21.6. The minimum Gasteiger partial charge on any atom is -0.463 e. The van der Waals surface area contributed by atoms with Crippen molar-refractivity contribution >= 4 is 23.7 Å². The Morgan fingerprint density at radius 1 is 1.03 bits per heavy atom. The van der Waals surface area contributed by atoms with Gasteiger partial charge >= 0.3 is 18.0 Å². The highest BCUT2D eigenvalue weighted by atomic mass is 16.6. The lowest BCUT2D eigenvalue weighted by Crippen LogP contribution is -2.39. The summed E-state index contributed by atoms with van der Waals surface area (Å²) in [5, 5.41) is 2.66. The second-order valence-corrected chi connectivity index (χ2v) is 7.61. The second-order valence-electron chi connectivity index (χ2n) is 7.61. The number of nitrogens with one attached hydrogen (secondary N) is 1. The van der Waals surface area contributed by atoms with Gasteiger partial charge in [-0.3, -0.25) is 14.9 Å². The van der Waals surface area contributed by atoms with Crippen LogP contribution < -0.4 is 5.32 Å². The van der Waals surface area contributed by atoms with Gasteiger partial charge < -0.3 is 18.9 Å². The molecule has 3 unspecified atom stereocenters. The average molecular weight is 405 g/mol. The van der Waals surface area contributed by atoms with Crippen molar-refractivity contribution in [2.45, 2.75) is 58.5 Å². The van der Waals surface area contributed by atoms with Crippen LogP contribution in [0.5, 0.6) is 0 Å². The molecule has 3 atom stereocenters. The normalized spacial score (nSPS) is 21.2. The summed E-state index contributed by atoms with van der Waals surface area (Å²) in [6, 6.07) is 7.07. The van der Waals surface area contributed by atoms with E-state index in [0.717, 1.165) is 5.56 Å². The first-order valence-electron chi connectivity index (χ1n) is 9.28. The molecule has 1 heterocycles. The lowest BCUT2D eigenvalue weighted by molar-refractivity contribution is -0.163. The summed E-state index contributed by atoms with van der Waals surface area (Å²) in [4.78, 5) is 34.3. The summed E-state index contributed by atoms with van der Waals surface area (Å²) in [6.07, 6.45) is 1.27. The van der Waals surface area contributed by atoms with Gasteiger partial charge in [0, 0.05) is 19.5 Å². The summed E-state index contributed by atoms with van der Waals surface area (Å²) >= 11 is 0. The quantitative estimate of drug-likeness (QED) is 0.454. The Hall–Kier alpha value is -2.87. The van der Waals surface area contributed by atoms with Crippen LogP contribution in [0.2, 0.25) is 0 Å². The predicted octanol–water partition coefficient (Wildman–Crippen LogP) is 3.52. The fraction of sp³-hybridized carbons (Fsp3) is 0.476. The average Bonchev–Trinajstić information content (AvgIpc) is 2.59. The standard InChI is InChI=1S/C21H27NO7/c1-13(23)26-12-19-18(27-14(2)24)11-10-17(28-19)15-6-8-16(9-7-15)22-20(25)29-21(3,4)5/h6-11,17-19H,12H2,1-5H3,(H,22,25). The van der Waals surface area contributed by atoms with Gasteiger partial charge in [0.05, 0.1) is 0 Å². The van der Waals surface area contributed by atoms with Gasteiger partial charge in [-0.1, -0.05) is 18.2 Å². The number of hydrogen-bond acceptors (Lipinski definition) is 7. The van der Waals surface area contributed by atoms with Crippen LogP contribution in [0.1, 0.15) is 46.3 Å². The fourth-order valence-corrected chi connectivity index (χ4v) is 2.65. The topological polar surface area (TPSA) is 100 Å². The Morgan fingerprint density at radius 3 is 2.24 bits per heavy atom. The number of carbonyl (C=O) groups excluding carboxylic acids is 3. The van der Waals surface area contributed by atoms with Crippen LogP contribution in [0.25, 0.3) is 0 Å². The fourth-order valence-electron chi connectivity index (χ4n) is 2.65. The first kappa shape index (κ1) is 22.4. The van der Waals surface area contributed by atoms with Crippen molar-refractivity contribution in [2.75, 3.05) is 11.9 Å². The first-order valence-corrected chi connectivity index (χ1v) is 9.28. The molecule has 0 aromatic heterocycles. The Bertz CT molecular complexity index is 764. The largest absolute Gasteiger partial charge is 0.463 e. The third-order valence-electron chi connectivity index (χ3n) is 3.80. The zero-order valence-corrected chi connectivity index (χ0v) is 17.3. The van der Waals surface area contributed by atoms with E-state index in [1.807, 2.05) is 0 Å². The monoisotopic (exact) mass is 405 g/mol. The van der Waals surface area contributed by atoms with E-state index in [1.54, 1.807) is 57.2 Å². The van der Waals surface area contributed by atoms with Gasteiger partial charge in [0.25, 0.3) is 0 Å². The highest BCUT2D eigenvalue weighted by molar-refractivity contribution is 5.84. The number of amides is 1. The Morgan fingerprint density at radius 2 is 1.69 bits per heavy atom. The summed E-state index contributed by atoms with van der Waals surface area (Å²) in [7, 11) is 0. The summed E-state index contributed by atoms with van der Waals surface area (Å²) < 4.78 is 21.4. The van der Waals surface area contributed by atoms with Crippen molar-refractivity contribution in [1.29, 1.82) is 0 Å². The number of benzene rings is 1. The number of anilines is 1. The van der Waals surface area contributed by atoms with Gasteiger partial charge in [0.15, 0.2) is 0 Å². The van der Waals surface area contributed by atoms with E-state index in [2.05, 4.69) is 5.32 Å². The third kappa shape index (κ3) is 7.57. The Kier molecular flexibility index (Phi) is 7.39. The van der Waals surface area contributed by atoms with Crippen molar-refractivity contribution in [3.05, 3.63) is 42.0 Å². The molecule has 158 valence electrons. The van der Waals surface area contributed by atoms with E-state index in [4.69, 9.17) is 18.9 Å². The van der Waals surface area contributed by atoms with E-state index in [9.17, 15) is 14.4 Å². The van der Waals surface area contributed by atoms with Crippen molar-refractivity contribution in [1.82, 2.24) is 0 Å². The molecule has 0 saturated heterocycles. The number of esters is 2. The van der Waals surface area contributed by atoms with E-state index >= 15 is 0 Å². The molecule has 29 heavy (non-hydrogen) atoms. The van der Waals surface area contributed by atoms with Crippen molar-refractivity contribution in [3.8, 4) is 0 Å². The zero-order valence-electron chi connectivity index (χ0n) is 17.3. The molecule has 1 aromatic carbocycles. The maximum atomic E-state index is 11.9. The molecule has 1 aliphatic heterocycles. The maximum absolute atomic E-state index is 11.9. The molecule has 8 nitrogen and oxygen atoms in total. The van der Waals surface area contributed by atoms with Gasteiger partial charge in [-0.2, -0.15) is 0 Å². The highest BCUT2D eigenvalue weighted by Crippen LogP contribution is 2.29. The number of ether oxygens (including phenoxy) is 4. The van der Waals surface area contributed by atoms with Crippen LogP contribution in [0.15, 0.2) is 36.4 Å². The molecule has 1 amide bonds. The third-order valence-corrected chi connectivity index (χ3v) is 3.80. The molecule has 0 saturated carbocycles. The van der Waals surface area contributed by atoms with Crippen LogP contribution in [0, 0.1) is 0 Å². The Balaban J connectivity index is 2.06. The van der Waals surface area contributed by atoms with E-state index in [-0.39, 0.29) is 6.61 Å². The molecule has 0 aliphatic carbocycles. The molecular weight excluding hydrogens is 378 g/mol. The van der Waals surface area contributed by atoms with Crippen LogP contribution in [0.3, 0.4) is 0 Å². The molecule has 8 heteroatoms. The van der Waals surface area contributed by atoms with Crippen molar-refractivity contribution < 1.29 is 33.3 Å². The molecule has 2 rings (SSSR count). The summed E-state index contributed by atoms with van der Waals surface area (Å²) in [5.74, 6) is -0.897. The second kappa shape index (κ2) is 9.56. The summed E-state index contributed by atoms with van der Waals surface area (Å²) in [5.41, 5.74) is 0.822. The smallest absolute Gasteiger partial charge is 0.412 e. The minimum absolute atomic E-state index is 0.0353. The molecule has 1 aromatic rings. The highest BCUT2D eigenvalue weighted by Gasteiger charge is 2.31. The van der Waals surface area contributed by atoms with Crippen molar-refractivity contribution in [2.24, 2.45) is 0 Å². The molecule has 1 aliphatic rings. The number of rotatable bonds is 5. The number of carbonyl (C=O) groups is 3. The Labute approximate surface area is 170 Å². The van der Waals surface area contributed by atoms with Crippen LogP contribution >= 0.6 is 0 Å². The van der Waals surface area contributed by atoms with Gasteiger partial charge in [-0.15, -0.1) is 0 Å². The van der Waals surface area contributed by atoms with Gasteiger partial charge in [0.2, 0.25) is 0 Å². The van der Waals surface area contributed by atoms with E-state index in [0.29, 0.717) is 5.69 Å². The van der Waals surface area contributed by atoms with Gasteiger partial charge in [-0.05, 0) is 44.5 Å². The molecule has 0 radical (unpaired) electrons. The van der Waals surface area contributed by atoms with Gasteiger partial charge in [-0.25, -0.2) is 4.79 Å². The molecule has 0 spiro atoms. The van der Waals surface area contributed by atoms with E-state index < -0.39 is 41.9 Å². The summed E-state index contributed by atoms with van der Waals surface area (Å²) in [6.45, 7) is 7.94. The number of hydrogen-bond donors (Lipinski definition) is 1. The van der Waals surface area contributed by atoms with Crippen molar-refractivity contribution in [3.63, 3.8) is 0 Å². The lowest BCUT2D eigenvalue weighted by Gasteiger charge is -2.31. The predicted molar refractivity (Wildman–Crippen MR) is 105 cm³/mol. The molecule has 0 fully saturated rings. The van der Waals surface area contributed by atoms with E-state index in [1.165, 1.54) is 13.8 Å². The van der Waals surface area contributed by atoms with Gasteiger partial charge in [0.1, 0.15) is 30.5 Å². The lowest BCUT2D eigenvalue weighted by atomic mass is 10.0. The molecule has 0 bridgehead atoms. The SMILES string of the molecule is CC(=O)OCC1OC(c2ccc(NC(=O)OC(C)(C)C)cc2)C=CC1OC(C)=O. The molecular formula is C21H27NO7. The minimum atomic E-state index is -0.642. The van der Waals surface area contributed by atoms with Crippen LogP contribution in [-0.2, 0) is 28.5 Å². The van der Waals surface area contributed by atoms with Crippen LogP contribution in [0.4, 0.5) is 10.5 Å². The first-order chi connectivity index (χ1) is 13.5.